The smallest absolute Gasteiger partial charge is 0.410 e. The lowest BCUT2D eigenvalue weighted by Gasteiger charge is -2.34. The fourth-order valence-electron chi connectivity index (χ4n) is 3.12. The zero-order valence-corrected chi connectivity index (χ0v) is 17.6. The number of likely N-dealkylation sites (tertiary alicyclic amines) is 1. The van der Waals surface area contributed by atoms with Gasteiger partial charge in [-0.2, -0.15) is 4.98 Å². The van der Waals surface area contributed by atoms with E-state index in [4.69, 9.17) is 4.74 Å². The summed E-state index contributed by atoms with van der Waals surface area (Å²) in [7, 11) is 0. The highest BCUT2D eigenvalue weighted by molar-refractivity contribution is 5.68. The normalized spacial score (nSPS) is 16.5. The SMILES string of the molecule is CC(C)(C)OC(=O)N1CCC[C@@H](Nc2nc(Nc3ccc(F)cc3)ncc2[N+](=O)[O-])C1. The summed E-state index contributed by atoms with van der Waals surface area (Å²) in [5.41, 5.74) is -0.349. The molecule has 1 amide bonds. The molecule has 1 atom stereocenters. The van der Waals surface area contributed by atoms with Crippen LogP contribution < -0.4 is 10.6 Å². The first-order chi connectivity index (χ1) is 14.6. The minimum absolute atomic E-state index is 0.0423. The Morgan fingerprint density at radius 3 is 2.68 bits per heavy atom. The third-order valence-corrected chi connectivity index (χ3v) is 4.48. The van der Waals surface area contributed by atoms with E-state index in [0.717, 1.165) is 12.6 Å². The number of nitrogens with zero attached hydrogens (tertiary/aromatic N) is 4. The first-order valence-electron chi connectivity index (χ1n) is 9.89. The summed E-state index contributed by atoms with van der Waals surface area (Å²) in [6, 6.07) is 5.33. The van der Waals surface area contributed by atoms with E-state index in [1.807, 2.05) is 0 Å². The van der Waals surface area contributed by atoms with Crippen LogP contribution in [0.15, 0.2) is 30.5 Å². The number of hydrogen-bond donors (Lipinski definition) is 2. The number of carbonyl (C=O) groups excluding carboxylic acids is 1. The minimum atomic E-state index is -0.607. The number of aromatic nitrogens is 2. The molecular weight excluding hydrogens is 407 g/mol. The number of hydrogen-bond acceptors (Lipinski definition) is 8. The predicted octanol–water partition coefficient (Wildman–Crippen LogP) is 4.08. The molecule has 1 aromatic carbocycles. The Morgan fingerprint density at radius 2 is 2.03 bits per heavy atom. The van der Waals surface area contributed by atoms with E-state index in [2.05, 4.69) is 20.6 Å². The van der Waals surface area contributed by atoms with E-state index in [1.54, 1.807) is 25.7 Å². The van der Waals surface area contributed by atoms with Gasteiger partial charge in [0.25, 0.3) is 0 Å². The topological polar surface area (TPSA) is 123 Å². The van der Waals surface area contributed by atoms with Gasteiger partial charge in [-0.3, -0.25) is 10.1 Å². The number of nitrogens with one attached hydrogen (secondary N) is 2. The summed E-state index contributed by atoms with van der Waals surface area (Å²) in [4.78, 5) is 33.0. The van der Waals surface area contributed by atoms with Gasteiger partial charge in [0.05, 0.1) is 4.92 Å². The Hall–Kier alpha value is -3.50. The monoisotopic (exact) mass is 432 g/mol. The molecule has 31 heavy (non-hydrogen) atoms. The Morgan fingerprint density at radius 1 is 1.32 bits per heavy atom. The van der Waals surface area contributed by atoms with Gasteiger partial charge >= 0.3 is 11.8 Å². The molecule has 1 fully saturated rings. The Balaban J connectivity index is 1.74. The molecular formula is C20H25FN6O4. The zero-order chi connectivity index (χ0) is 22.6. The molecule has 0 radical (unpaired) electrons. The van der Waals surface area contributed by atoms with Crippen molar-refractivity contribution in [1.29, 1.82) is 0 Å². The van der Waals surface area contributed by atoms with Crippen molar-refractivity contribution in [3.8, 4) is 0 Å². The summed E-state index contributed by atoms with van der Waals surface area (Å²) in [6.07, 6.45) is 2.11. The zero-order valence-electron chi connectivity index (χ0n) is 17.6. The van der Waals surface area contributed by atoms with Crippen LogP contribution in [0, 0.1) is 15.9 Å². The Labute approximate surface area is 179 Å². The molecule has 3 rings (SSSR count). The molecule has 0 saturated carbocycles. The molecule has 1 saturated heterocycles. The van der Waals surface area contributed by atoms with Crippen LogP contribution in [-0.2, 0) is 4.74 Å². The van der Waals surface area contributed by atoms with Crippen LogP contribution in [0.5, 0.6) is 0 Å². The summed E-state index contributed by atoms with van der Waals surface area (Å²) in [5, 5.41) is 17.4. The van der Waals surface area contributed by atoms with Gasteiger partial charge in [-0.25, -0.2) is 14.2 Å². The highest BCUT2D eigenvalue weighted by atomic mass is 19.1. The summed E-state index contributed by atoms with van der Waals surface area (Å²) in [5.74, 6) is -0.218. The lowest BCUT2D eigenvalue weighted by Crippen LogP contribution is -2.47. The van der Waals surface area contributed by atoms with Gasteiger partial charge in [-0.15, -0.1) is 0 Å². The summed E-state index contributed by atoms with van der Waals surface area (Å²) < 4.78 is 18.5. The largest absolute Gasteiger partial charge is 0.444 e. The fraction of sp³-hybridized carbons (Fsp3) is 0.450. The van der Waals surface area contributed by atoms with Crippen LogP contribution in [-0.4, -0.2) is 50.6 Å². The van der Waals surface area contributed by atoms with Gasteiger partial charge in [0.2, 0.25) is 11.8 Å². The molecule has 2 N–H and O–H groups in total. The third kappa shape index (κ3) is 6.24. The second kappa shape index (κ2) is 9.11. The van der Waals surface area contributed by atoms with E-state index in [-0.39, 0.29) is 29.3 Å². The van der Waals surface area contributed by atoms with Gasteiger partial charge in [0.1, 0.15) is 17.6 Å². The van der Waals surface area contributed by atoms with Crippen LogP contribution in [0.25, 0.3) is 0 Å². The average Bonchev–Trinajstić information content (AvgIpc) is 2.69. The predicted molar refractivity (Wildman–Crippen MR) is 113 cm³/mol. The Bertz CT molecular complexity index is 948. The van der Waals surface area contributed by atoms with Crippen molar-refractivity contribution < 1.29 is 18.8 Å². The fourth-order valence-corrected chi connectivity index (χ4v) is 3.12. The first-order valence-corrected chi connectivity index (χ1v) is 9.89. The number of halogens is 1. The average molecular weight is 432 g/mol. The lowest BCUT2D eigenvalue weighted by molar-refractivity contribution is -0.384. The molecule has 2 heterocycles. The lowest BCUT2D eigenvalue weighted by atomic mass is 10.1. The first kappa shape index (κ1) is 22.2. The number of nitro groups is 1. The van der Waals surface area contributed by atoms with Crippen molar-refractivity contribution in [2.45, 2.75) is 45.3 Å². The van der Waals surface area contributed by atoms with Gasteiger partial charge in [-0.1, -0.05) is 0 Å². The van der Waals surface area contributed by atoms with E-state index in [0.29, 0.717) is 25.2 Å². The van der Waals surface area contributed by atoms with Crippen molar-refractivity contribution in [3.05, 3.63) is 46.4 Å². The molecule has 0 bridgehead atoms. The summed E-state index contributed by atoms with van der Waals surface area (Å²) >= 11 is 0. The standard InChI is InChI=1S/C20H25FN6O4/c1-20(2,3)31-19(28)26-10-4-5-15(12-26)23-17-16(27(29)30)11-22-18(25-17)24-14-8-6-13(21)7-9-14/h6-9,11,15H,4-5,10,12H2,1-3H3,(H2,22,23,24,25)/t15-/m1/s1. The van der Waals surface area contributed by atoms with E-state index in [1.165, 1.54) is 24.3 Å². The van der Waals surface area contributed by atoms with E-state index in [9.17, 15) is 19.3 Å². The van der Waals surface area contributed by atoms with Crippen molar-refractivity contribution in [1.82, 2.24) is 14.9 Å². The number of anilines is 3. The van der Waals surface area contributed by atoms with Gasteiger partial charge < -0.3 is 20.3 Å². The number of piperidine rings is 1. The van der Waals surface area contributed by atoms with Crippen molar-refractivity contribution in [2.75, 3.05) is 23.7 Å². The molecule has 1 aliphatic heterocycles. The molecule has 2 aromatic rings. The highest BCUT2D eigenvalue weighted by Gasteiger charge is 2.29. The van der Waals surface area contributed by atoms with Crippen LogP contribution in [0.2, 0.25) is 0 Å². The number of ether oxygens (including phenoxy) is 1. The number of rotatable bonds is 5. The van der Waals surface area contributed by atoms with E-state index >= 15 is 0 Å². The number of benzene rings is 1. The van der Waals surface area contributed by atoms with Gasteiger partial charge in [0, 0.05) is 24.8 Å². The van der Waals surface area contributed by atoms with Crippen molar-refractivity contribution >= 4 is 29.2 Å². The minimum Gasteiger partial charge on any atom is -0.444 e. The maximum atomic E-state index is 13.1. The number of carbonyl (C=O) groups is 1. The third-order valence-electron chi connectivity index (χ3n) is 4.48. The van der Waals surface area contributed by atoms with Gasteiger partial charge in [-0.05, 0) is 57.9 Å². The van der Waals surface area contributed by atoms with Crippen LogP contribution in [0.1, 0.15) is 33.6 Å². The van der Waals surface area contributed by atoms with Crippen LogP contribution in [0.3, 0.4) is 0 Å². The molecule has 1 aliphatic rings. The molecule has 10 nitrogen and oxygen atoms in total. The maximum absolute atomic E-state index is 13.1. The second-order valence-corrected chi connectivity index (χ2v) is 8.23. The molecule has 0 aliphatic carbocycles. The number of amides is 1. The van der Waals surface area contributed by atoms with Crippen LogP contribution >= 0.6 is 0 Å². The van der Waals surface area contributed by atoms with E-state index < -0.39 is 16.6 Å². The second-order valence-electron chi connectivity index (χ2n) is 8.23. The molecule has 11 heteroatoms. The van der Waals surface area contributed by atoms with Crippen molar-refractivity contribution in [3.63, 3.8) is 0 Å². The molecule has 0 spiro atoms. The maximum Gasteiger partial charge on any atom is 0.410 e. The summed E-state index contributed by atoms with van der Waals surface area (Å²) in [6.45, 7) is 6.27. The Kier molecular flexibility index (Phi) is 6.52. The molecule has 1 aromatic heterocycles. The van der Waals surface area contributed by atoms with Crippen LogP contribution in [0.4, 0.5) is 32.3 Å². The quantitative estimate of drug-likeness (QED) is 0.535. The van der Waals surface area contributed by atoms with Crippen molar-refractivity contribution in [2.24, 2.45) is 0 Å². The molecule has 0 unspecified atom stereocenters. The van der Waals surface area contributed by atoms with Gasteiger partial charge in [0.15, 0.2) is 0 Å². The molecule has 166 valence electrons. The highest BCUT2D eigenvalue weighted by Crippen LogP contribution is 2.26.